The molecule has 7 heteroatoms. The van der Waals surface area contributed by atoms with E-state index in [0.29, 0.717) is 11.6 Å². The summed E-state index contributed by atoms with van der Waals surface area (Å²) in [6, 6.07) is 0. The fourth-order valence-electron chi connectivity index (χ4n) is 1.39. The average Bonchev–Trinajstić information content (AvgIpc) is 2.56. The van der Waals surface area contributed by atoms with Crippen molar-refractivity contribution in [3.8, 4) is 0 Å². The normalized spacial score (nSPS) is 11.7. The van der Waals surface area contributed by atoms with Gasteiger partial charge in [0.15, 0.2) is 5.13 Å². The van der Waals surface area contributed by atoms with Crippen molar-refractivity contribution in [1.29, 1.82) is 0 Å². The summed E-state index contributed by atoms with van der Waals surface area (Å²) in [4.78, 5) is 5.20. The van der Waals surface area contributed by atoms with Crippen LogP contribution in [0.2, 0.25) is 0 Å². The molecule has 0 aliphatic carbocycles. The molecule has 2 N–H and O–H groups in total. The Morgan fingerprint density at radius 2 is 2.00 bits per heavy atom. The monoisotopic (exact) mass is 291 g/mol. The zero-order valence-electron chi connectivity index (χ0n) is 11.1. The number of aromatic nitrogens is 1. The smallest absolute Gasteiger partial charge is 0.234 e. The van der Waals surface area contributed by atoms with E-state index in [4.69, 9.17) is 0 Å². The first-order valence-corrected chi connectivity index (χ1v) is 8.56. The Morgan fingerprint density at radius 1 is 1.28 bits per heavy atom. The minimum atomic E-state index is -3.27. The van der Waals surface area contributed by atoms with Gasteiger partial charge in [-0.15, -0.1) is 11.3 Å². The predicted octanol–water partition coefficient (Wildman–Crippen LogP) is 1.89. The van der Waals surface area contributed by atoms with E-state index in [2.05, 4.69) is 21.9 Å². The highest BCUT2D eigenvalue weighted by Gasteiger charge is 2.13. The van der Waals surface area contributed by atoms with Gasteiger partial charge in [-0.1, -0.05) is 6.92 Å². The molecule has 0 unspecified atom stereocenters. The summed E-state index contributed by atoms with van der Waals surface area (Å²) >= 11 is 1.37. The van der Waals surface area contributed by atoms with Gasteiger partial charge in [0.1, 0.15) is 0 Å². The zero-order chi connectivity index (χ0) is 13.6. The number of aryl methyl sites for hydroxylation is 2. The van der Waals surface area contributed by atoms with E-state index in [9.17, 15) is 8.42 Å². The Morgan fingerprint density at radius 3 is 2.56 bits per heavy atom. The van der Waals surface area contributed by atoms with Gasteiger partial charge in [0, 0.05) is 4.88 Å². The van der Waals surface area contributed by atoms with Crippen LogP contribution in [0, 0.1) is 13.8 Å². The molecule has 0 saturated carbocycles. The number of nitrogens with one attached hydrogen (secondary N) is 2. The quantitative estimate of drug-likeness (QED) is 0.718. The number of anilines is 1. The zero-order valence-corrected chi connectivity index (χ0v) is 12.7. The molecule has 0 amide bonds. The van der Waals surface area contributed by atoms with Gasteiger partial charge in [0.05, 0.1) is 11.4 Å². The number of sulfonamides is 1. The van der Waals surface area contributed by atoms with Crippen molar-refractivity contribution in [2.45, 2.75) is 33.6 Å². The van der Waals surface area contributed by atoms with Gasteiger partial charge < -0.3 is 5.32 Å². The molecule has 0 radical (unpaired) electrons. The maximum Gasteiger partial charge on any atom is 0.234 e. The molecule has 0 aliphatic heterocycles. The van der Waals surface area contributed by atoms with Gasteiger partial charge in [-0.05, 0) is 39.8 Å². The average molecular weight is 291 g/mol. The highest BCUT2D eigenvalue weighted by atomic mass is 32.2. The summed E-state index contributed by atoms with van der Waals surface area (Å²) in [6.07, 6.45) is 1.67. The van der Waals surface area contributed by atoms with Crippen LogP contribution < -0.4 is 10.0 Å². The van der Waals surface area contributed by atoms with Crippen LogP contribution >= 0.6 is 11.3 Å². The van der Waals surface area contributed by atoms with Crippen LogP contribution in [0.5, 0.6) is 0 Å². The molecule has 1 rings (SSSR count). The van der Waals surface area contributed by atoms with Crippen LogP contribution in [0.25, 0.3) is 0 Å². The molecule has 104 valence electrons. The lowest BCUT2D eigenvalue weighted by Crippen LogP contribution is -2.22. The Bertz CT molecular complexity index is 449. The van der Waals surface area contributed by atoms with Crippen molar-refractivity contribution in [3.63, 3.8) is 0 Å². The summed E-state index contributed by atoms with van der Waals surface area (Å²) in [5.41, 5.74) is 0.877. The van der Waals surface area contributed by atoms with Crippen LogP contribution in [0.4, 0.5) is 5.13 Å². The molecule has 18 heavy (non-hydrogen) atoms. The highest BCUT2D eigenvalue weighted by Crippen LogP contribution is 2.22. The standard InChI is InChI=1S/C11H21N3O2S2/c1-4-6-12-7-5-8-18(15,16)14-11-13-9(2)10(3)17-11/h12H,4-8H2,1-3H3,(H,13,14). The molecule has 0 fully saturated rings. The van der Waals surface area contributed by atoms with E-state index >= 15 is 0 Å². The Balaban J connectivity index is 2.40. The molecule has 0 saturated heterocycles. The van der Waals surface area contributed by atoms with Gasteiger partial charge in [0.2, 0.25) is 10.0 Å². The third-order valence-electron chi connectivity index (χ3n) is 2.46. The first-order chi connectivity index (χ1) is 8.44. The van der Waals surface area contributed by atoms with Crippen molar-refractivity contribution in [3.05, 3.63) is 10.6 Å². The third kappa shape index (κ3) is 5.32. The van der Waals surface area contributed by atoms with Gasteiger partial charge in [-0.2, -0.15) is 0 Å². The number of hydrogen-bond donors (Lipinski definition) is 2. The summed E-state index contributed by atoms with van der Waals surface area (Å²) < 4.78 is 26.1. The topological polar surface area (TPSA) is 71.1 Å². The second-order valence-corrected chi connectivity index (χ2v) is 7.23. The van der Waals surface area contributed by atoms with Crippen molar-refractivity contribution in [2.24, 2.45) is 0 Å². The lowest BCUT2D eigenvalue weighted by molar-refractivity contribution is 0.593. The maximum atomic E-state index is 11.8. The lowest BCUT2D eigenvalue weighted by Gasteiger charge is -2.05. The lowest BCUT2D eigenvalue weighted by atomic mass is 10.4. The van der Waals surface area contributed by atoms with Crippen LogP contribution in [0.1, 0.15) is 30.3 Å². The Hall–Kier alpha value is -0.660. The van der Waals surface area contributed by atoms with Gasteiger partial charge >= 0.3 is 0 Å². The van der Waals surface area contributed by atoms with Crippen molar-refractivity contribution in [2.75, 3.05) is 23.6 Å². The summed E-state index contributed by atoms with van der Waals surface area (Å²) in [5.74, 6) is 0.126. The number of thiazole rings is 1. The summed E-state index contributed by atoms with van der Waals surface area (Å²) in [6.45, 7) is 7.54. The first kappa shape index (κ1) is 15.4. The molecule has 0 atom stereocenters. The SMILES string of the molecule is CCCNCCCS(=O)(=O)Nc1nc(C)c(C)s1. The van der Waals surface area contributed by atoms with Crippen LogP contribution in [-0.2, 0) is 10.0 Å². The number of nitrogens with zero attached hydrogens (tertiary/aromatic N) is 1. The van der Waals surface area contributed by atoms with Crippen molar-refractivity contribution < 1.29 is 8.42 Å². The van der Waals surface area contributed by atoms with Gasteiger partial charge in [0.25, 0.3) is 0 Å². The molecule has 0 bridgehead atoms. The predicted molar refractivity (Wildman–Crippen MR) is 76.8 cm³/mol. The second-order valence-electron chi connectivity index (χ2n) is 4.19. The largest absolute Gasteiger partial charge is 0.317 e. The molecular formula is C11H21N3O2S2. The van der Waals surface area contributed by atoms with Crippen molar-refractivity contribution in [1.82, 2.24) is 10.3 Å². The number of rotatable bonds is 8. The molecule has 1 aromatic heterocycles. The van der Waals surface area contributed by atoms with Crippen LogP contribution in [-0.4, -0.2) is 32.2 Å². The fraction of sp³-hybridized carbons (Fsp3) is 0.727. The van der Waals surface area contributed by atoms with E-state index in [1.807, 2.05) is 13.8 Å². The Kier molecular flexibility index (Phi) is 6.04. The molecule has 0 aromatic carbocycles. The summed E-state index contributed by atoms with van der Waals surface area (Å²) in [5, 5.41) is 3.64. The molecule has 1 heterocycles. The Labute approximate surface area is 113 Å². The minimum Gasteiger partial charge on any atom is -0.317 e. The third-order valence-corrected chi connectivity index (χ3v) is 4.91. The van der Waals surface area contributed by atoms with E-state index < -0.39 is 10.0 Å². The molecule has 5 nitrogen and oxygen atoms in total. The van der Waals surface area contributed by atoms with Crippen LogP contribution in [0.15, 0.2) is 0 Å². The van der Waals surface area contributed by atoms with E-state index in [1.165, 1.54) is 11.3 Å². The van der Waals surface area contributed by atoms with E-state index in [1.54, 1.807) is 0 Å². The van der Waals surface area contributed by atoms with Crippen molar-refractivity contribution >= 4 is 26.5 Å². The highest BCUT2D eigenvalue weighted by molar-refractivity contribution is 7.92. The maximum absolute atomic E-state index is 11.8. The fourth-order valence-corrected chi connectivity index (χ4v) is 3.54. The second kappa shape index (κ2) is 7.06. The van der Waals surface area contributed by atoms with Crippen LogP contribution in [0.3, 0.4) is 0 Å². The van der Waals surface area contributed by atoms with Gasteiger partial charge in [-0.3, -0.25) is 4.72 Å². The molecule has 0 aliphatic rings. The minimum absolute atomic E-state index is 0.126. The molecular weight excluding hydrogens is 270 g/mol. The van der Waals surface area contributed by atoms with Gasteiger partial charge in [-0.25, -0.2) is 13.4 Å². The number of hydrogen-bond acceptors (Lipinski definition) is 5. The summed E-state index contributed by atoms with van der Waals surface area (Å²) in [7, 11) is -3.27. The first-order valence-electron chi connectivity index (χ1n) is 6.10. The molecule has 0 spiro atoms. The van der Waals surface area contributed by atoms with E-state index in [0.717, 1.165) is 30.1 Å². The van der Waals surface area contributed by atoms with E-state index in [-0.39, 0.29) is 5.75 Å². The molecule has 1 aromatic rings.